The molecule has 3 aliphatic rings. The molecule has 1 aliphatic carbocycles. The number of hydrogen-bond donors (Lipinski definition) is 0. The third-order valence-electron chi connectivity index (χ3n) is 9.79. The molecule has 2 nitrogen and oxygen atoms in total. The molecular formula is C34H28N2+2. The monoisotopic (exact) mass is 464 g/mol. The van der Waals surface area contributed by atoms with Crippen LogP contribution in [0.25, 0.3) is 33.6 Å². The van der Waals surface area contributed by atoms with Crippen molar-refractivity contribution in [3.63, 3.8) is 0 Å². The normalized spacial score (nSPS) is 26.0. The van der Waals surface area contributed by atoms with Gasteiger partial charge in [-0.15, -0.1) is 0 Å². The van der Waals surface area contributed by atoms with Crippen molar-refractivity contribution >= 4 is 0 Å². The van der Waals surface area contributed by atoms with Crippen LogP contribution in [0.3, 0.4) is 0 Å². The molecule has 4 heterocycles. The lowest BCUT2D eigenvalue weighted by molar-refractivity contribution is -0.796. The van der Waals surface area contributed by atoms with Crippen LogP contribution in [0.5, 0.6) is 0 Å². The summed E-state index contributed by atoms with van der Waals surface area (Å²) in [5.41, 5.74) is 11.6. The molecule has 172 valence electrons. The Morgan fingerprint density at radius 3 is 1.97 bits per heavy atom. The number of pyridine rings is 2. The van der Waals surface area contributed by atoms with Crippen molar-refractivity contribution in [3.8, 4) is 33.6 Å². The van der Waals surface area contributed by atoms with Gasteiger partial charge < -0.3 is 0 Å². The predicted octanol–water partition coefficient (Wildman–Crippen LogP) is 6.33. The van der Waals surface area contributed by atoms with Gasteiger partial charge in [0.25, 0.3) is 11.1 Å². The Labute approximate surface area is 212 Å². The molecular weight excluding hydrogens is 436 g/mol. The molecule has 36 heavy (non-hydrogen) atoms. The fourth-order valence-electron chi connectivity index (χ4n) is 8.15. The van der Waals surface area contributed by atoms with Gasteiger partial charge in [-0.05, 0) is 54.3 Å². The number of aromatic nitrogens is 2. The topological polar surface area (TPSA) is 7.76 Å². The third-order valence-corrected chi connectivity index (χ3v) is 9.79. The van der Waals surface area contributed by atoms with Crippen molar-refractivity contribution in [2.24, 2.45) is 0 Å². The molecule has 0 radical (unpaired) electrons. The molecule has 2 aromatic heterocycles. The zero-order chi connectivity index (χ0) is 24.3. The molecule has 2 heteroatoms. The maximum Gasteiger partial charge on any atom is 0.275 e. The first-order chi connectivity index (χ1) is 17.5. The molecule has 2 aliphatic heterocycles. The SMILES string of the molecule is Cc1ccccc1-c1cc[n+]2c(c1)-c1ccccc1[C@]21[C@]2(C)c3ccccc3-c3cccc[n+]3[C@@]21C. The summed E-state index contributed by atoms with van der Waals surface area (Å²) < 4.78 is 5.16. The van der Waals surface area contributed by atoms with E-state index in [1.54, 1.807) is 0 Å². The van der Waals surface area contributed by atoms with Crippen LogP contribution in [0.4, 0.5) is 0 Å². The average Bonchev–Trinajstić information content (AvgIpc) is 3.23. The summed E-state index contributed by atoms with van der Waals surface area (Å²) in [4.78, 5) is 0. The first-order valence-electron chi connectivity index (χ1n) is 12.9. The Morgan fingerprint density at radius 2 is 1.19 bits per heavy atom. The van der Waals surface area contributed by atoms with Crippen LogP contribution in [0, 0.1) is 6.92 Å². The Hall–Kier alpha value is -4.04. The third kappa shape index (κ3) is 1.93. The molecule has 3 atom stereocenters. The lowest BCUT2D eigenvalue weighted by Gasteiger charge is -2.22. The molecule has 0 bridgehead atoms. The van der Waals surface area contributed by atoms with Crippen molar-refractivity contribution in [3.05, 3.63) is 132 Å². The van der Waals surface area contributed by atoms with E-state index in [2.05, 4.69) is 145 Å². The summed E-state index contributed by atoms with van der Waals surface area (Å²) in [5, 5.41) is 0. The number of rotatable bonds is 1. The highest BCUT2D eigenvalue weighted by Gasteiger charge is 3.01. The van der Waals surface area contributed by atoms with Gasteiger partial charge in [-0.1, -0.05) is 60.7 Å². The standard InChI is InChI=1S/C34H28N2/c1-23-12-4-5-13-25(23)24-19-21-36-31(22-24)27-15-7-9-17-29(27)34(36)32(2)28-16-8-6-14-26(28)30-18-10-11-20-35(30)33(32,34)3/h4-22H,1-3H3/q+2/t32-,33+,34-/m1/s1. The van der Waals surface area contributed by atoms with Crippen LogP contribution < -0.4 is 9.13 Å². The van der Waals surface area contributed by atoms with E-state index in [4.69, 9.17) is 0 Å². The van der Waals surface area contributed by atoms with Gasteiger partial charge in [0.05, 0.1) is 11.1 Å². The molecule has 1 spiro atoms. The second kappa shape index (κ2) is 6.39. The Morgan fingerprint density at radius 1 is 0.556 bits per heavy atom. The molecule has 0 N–H and O–H groups in total. The number of fused-ring (bicyclic) bond motifs is 13. The van der Waals surface area contributed by atoms with Crippen molar-refractivity contribution in [1.29, 1.82) is 0 Å². The molecule has 0 amide bonds. The number of nitrogens with zero attached hydrogens (tertiary/aromatic N) is 2. The minimum atomic E-state index is -0.219. The van der Waals surface area contributed by atoms with E-state index < -0.39 is 0 Å². The second-order valence-corrected chi connectivity index (χ2v) is 10.9. The highest BCUT2D eigenvalue weighted by molar-refractivity contribution is 5.79. The molecule has 5 aromatic rings. The maximum atomic E-state index is 2.60. The van der Waals surface area contributed by atoms with Gasteiger partial charge in [0, 0.05) is 36.8 Å². The van der Waals surface area contributed by atoms with Crippen LogP contribution in [0.1, 0.15) is 30.5 Å². The smallest absolute Gasteiger partial charge is 0.184 e. The van der Waals surface area contributed by atoms with E-state index in [0.717, 1.165) is 0 Å². The van der Waals surface area contributed by atoms with Gasteiger partial charge in [0.15, 0.2) is 12.4 Å². The molecule has 1 saturated carbocycles. The van der Waals surface area contributed by atoms with Gasteiger partial charge in [-0.2, -0.15) is 9.13 Å². The lowest BCUT2D eigenvalue weighted by atomic mass is 9.82. The zero-order valence-corrected chi connectivity index (χ0v) is 20.9. The van der Waals surface area contributed by atoms with Crippen LogP contribution in [-0.4, -0.2) is 0 Å². The minimum absolute atomic E-state index is 0.105. The number of benzene rings is 3. The van der Waals surface area contributed by atoms with Crippen molar-refractivity contribution in [1.82, 2.24) is 0 Å². The lowest BCUT2D eigenvalue weighted by Crippen LogP contribution is -2.59. The quantitative estimate of drug-likeness (QED) is 0.256. The fraction of sp³-hybridized carbons (Fsp3) is 0.176. The second-order valence-electron chi connectivity index (χ2n) is 10.9. The summed E-state index contributed by atoms with van der Waals surface area (Å²) in [7, 11) is 0. The Bertz CT molecular complexity index is 1690. The van der Waals surface area contributed by atoms with E-state index in [0.29, 0.717) is 0 Å². The summed E-state index contributed by atoms with van der Waals surface area (Å²) in [6.45, 7) is 7.16. The molecule has 8 rings (SSSR count). The van der Waals surface area contributed by atoms with E-state index in [1.165, 1.54) is 50.3 Å². The predicted molar refractivity (Wildman–Crippen MR) is 142 cm³/mol. The van der Waals surface area contributed by atoms with E-state index in [9.17, 15) is 0 Å². The number of aryl methyl sites for hydroxylation is 1. The van der Waals surface area contributed by atoms with Crippen molar-refractivity contribution in [2.75, 3.05) is 0 Å². The average molecular weight is 465 g/mol. The Balaban J connectivity index is 1.48. The zero-order valence-electron chi connectivity index (χ0n) is 20.9. The molecule has 1 fully saturated rings. The minimum Gasteiger partial charge on any atom is -0.184 e. The summed E-state index contributed by atoms with van der Waals surface area (Å²) in [5.74, 6) is 0. The summed E-state index contributed by atoms with van der Waals surface area (Å²) >= 11 is 0. The van der Waals surface area contributed by atoms with Crippen molar-refractivity contribution < 1.29 is 9.13 Å². The Kier molecular flexibility index (Phi) is 3.58. The highest BCUT2D eigenvalue weighted by Crippen LogP contribution is 2.77. The molecule has 3 aromatic carbocycles. The van der Waals surface area contributed by atoms with Gasteiger partial charge in [-0.25, -0.2) is 0 Å². The van der Waals surface area contributed by atoms with Gasteiger partial charge in [-0.3, -0.25) is 0 Å². The first-order valence-corrected chi connectivity index (χ1v) is 12.9. The summed E-state index contributed by atoms with van der Waals surface area (Å²) in [6.07, 6.45) is 4.65. The van der Waals surface area contributed by atoms with E-state index in [-0.39, 0.29) is 16.5 Å². The van der Waals surface area contributed by atoms with Crippen LogP contribution >= 0.6 is 0 Å². The van der Waals surface area contributed by atoms with Crippen LogP contribution in [0.2, 0.25) is 0 Å². The van der Waals surface area contributed by atoms with Gasteiger partial charge >= 0.3 is 0 Å². The maximum absolute atomic E-state index is 2.60. The largest absolute Gasteiger partial charge is 0.275 e. The highest BCUT2D eigenvalue weighted by atomic mass is 15.3. The molecule has 0 saturated heterocycles. The summed E-state index contributed by atoms with van der Waals surface area (Å²) in [6, 6.07) is 38.2. The van der Waals surface area contributed by atoms with E-state index >= 15 is 0 Å². The fourth-order valence-corrected chi connectivity index (χ4v) is 8.15. The van der Waals surface area contributed by atoms with Crippen LogP contribution in [-0.2, 0) is 16.5 Å². The van der Waals surface area contributed by atoms with Crippen LogP contribution in [0.15, 0.2) is 116 Å². The first kappa shape index (κ1) is 20.2. The van der Waals surface area contributed by atoms with Gasteiger partial charge in [0.2, 0.25) is 11.4 Å². The molecule has 0 unspecified atom stereocenters. The van der Waals surface area contributed by atoms with Gasteiger partial charge in [0.1, 0.15) is 5.41 Å². The number of hydrogen-bond acceptors (Lipinski definition) is 0. The van der Waals surface area contributed by atoms with Crippen molar-refractivity contribution in [2.45, 2.75) is 37.3 Å². The van der Waals surface area contributed by atoms with E-state index in [1.807, 2.05) is 0 Å².